The van der Waals surface area contributed by atoms with E-state index < -0.39 is 0 Å². The first kappa shape index (κ1) is 14.9. The maximum atomic E-state index is 11.3. The lowest BCUT2D eigenvalue weighted by molar-refractivity contribution is -0.121. The van der Waals surface area contributed by atoms with Crippen molar-refractivity contribution in [3.63, 3.8) is 0 Å². The van der Waals surface area contributed by atoms with Crippen molar-refractivity contribution < 1.29 is 9.59 Å². The Morgan fingerprint density at radius 1 is 1.12 bits per heavy atom. The molecular formula is C11H23N3O2. The number of hydrogen-bond donors (Lipinski definition) is 3. The molecule has 94 valence electrons. The van der Waals surface area contributed by atoms with Gasteiger partial charge in [-0.2, -0.15) is 0 Å². The summed E-state index contributed by atoms with van der Waals surface area (Å²) in [7, 11) is 0. The van der Waals surface area contributed by atoms with Crippen LogP contribution in [0.4, 0.5) is 0 Å². The molecule has 0 rings (SSSR count). The van der Waals surface area contributed by atoms with Gasteiger partial charge < -0.3 is 16.4 Å². The van der Waals surface area contributed by atoms with Crippen LogP contribution in [0.15, 0.2) is 0 Å². The Hall–Kier alpha value is -1.10. The Morgan fingerprint density at radius 3 is 2.38 bits per heavy atom. The van der Waals surface area contributed by atoms with Crippen molar-refractivity contribution in [2.45, 2.75) is 45.6 Å². The molecule has 0 saturated carbocycles. The topological polar surface area (TPSA) is 84.2 Å². The van der Waals surface area contributed by atoms with E-state index in [1.54, 1.807) is 0 Å². The lowest BCUT2D eigenvalue weighted by Crippen LogP contribution is -2.31. The average molecular weight is 229 g/mol. The summed E-state index contributed by atoms with van der Waals surface area (Å²) in [6.07, 6.45) is 2.42. The SMILES string of the molecule is CC(C)NCCC(=O)NCCCCC(N)=O. The van der Waals surface area contributed by atoms with E-state index in [1.807, 2.05) is 13.8 Å². The number of amides is 2. The van der Waals surface area contributed by atoms with Crippen LogP contribution in [0.3, 0.4) is 0 Å². The molecule has 0 saturated heterocycles. The summed E-state index contributed by atoms with van der Waals surface area (Å²) in [5.74, 6) is -0.236. The fourth-order valence-corrected chi connectivity index (χ4v) is 1.21. The Balaban J connectivity index is 3.27. The molecule has 0 radical (unpaired) electrons. The third-order valence-corrected chi connectivity index (χ3v) is 2.08. The van der Waals surface area contributed by atoms with E-state index in [9.17, 15) is 9.59 Å². The first-order valence-electron chi connectivity index (χ1n) is 5.80. The predicted molar refractivity (Wildman–Crippen MR) is 63.8 cm³/mol. The molecule has 0 aromatic carbocycles. The molecule has 5 heteroatoms. The van der Waals surface area contributed by atoms with Crippen LogP contribution in [0.2, 0.25) is 0 Å². The predicted octanol–water partition coefficient (Wildman–Crippen LogP) is 0.146. The molecular weight excluding hydrogens is 206 g/mol. The number of carbonyl (C=O) groups excluding carboxylic acids is 2. The van der Waals surface area contributed by atoms with Gasteiger partial charge in [0.15, 0.2) is 0 Å². The van der Waals surface area contributed by atoms with Gasteiger partial charge in [-0.3, -0.25) is 9.59 Å². The molecule has 5 nitrogen and oxygen atoms in total. The first-order valence-corrected chi connectivity index (χ1v) is 5.80. The van der Waals surface area contributed by atoms with E-state index in [-0.39, 0.29) is 11.8 Å². The molecule has 0 aliphatic rings. The van der Waals surface area contributed by atoms with Gasteiger partial charge in [0.2, 0.25) is 11.8 Å². The molecule has 0 fully saturated rings. The van der Waals surface area contributed by atoms with Crippen LogP contribution in [0, 0.1) is 0 Å². The summed E-state index contributed by atoms with van der Waals surface area (Å²) in [6, 6.07) is 0.406. The van der Waals surface area contributed by atoms with Gasteiger partial charge in [0.1, 0.15) is 0 Å². The number of nitrogens with one attached hydrogen (secondary N) is 2. The summed E-state index contributed by atoms with van der Waals surface area (Å²) in [4.78, 5) is 21.7. The van der Waals surface area contributed by atoms with Crippen LogP contribution in [0.25, 0.3) is 0 Å². The Bertz CT molecular complexity index is 217. The molecule has 0 aromatic heterocycles. The van der Waals surface area contributed by atoms with Crippen LogP contribution in [-0.4, -0.2) is 30.9 Å². The van der Waals surface area contributed by atoms with Crippen molar-refractivity contribution in [1.82, 2.24) is 10.6 Å². The molecule has 0 heterocycles. The van der Waals surface area contributed by atoms with Gasteiger partial charge >= 0.3 is 0 Å². The zero-order chi connectivity index (χ0) is 12.4. The van der Waals surface area contributed by atoms with Gasteiger partial charge in [-0.1, -0.05) is 13.8 Å². The van der Waals surface area contributed by atoms with E-state index in [1.165, 1.54) is 0 Å². The highest BCUT2D eigenvalue weighted by molar-refractivity contribution is 5.76. The van der Waals surface area contributed by atoms with E-state index in [4.69, 9.17) is 5.73 Å². The molecule has 0 aliphatic heterocycles. The molecule has 0 bridgehead atoms. The second kappa shape index (κ2) is 9.15. The van der Waals surface area contributed by atoms with Crippen LogP contribution in [0.5, 0.6) is 0 Å². The minimum absolute atomic E-state index is 0.0484. The van der Waals surface area contributed by atoms with E-state index in [2.05, 4.69) is 10.6 Å². The lowest BCUT2D eigenvalue weighted by Gasteiger charge is -2.08. The van der Waals surface area contributed by atoms with E-state index in [0.29, 0.717) is 32.0 Å². The molecule has 0 aromatic rings. The quantitative estimate of drug-likeness (QED) is 0.492. The normalized spacial score (nSPS) is 10.4. The second-order valence-electron chi connectivity index (χ2n) is 4.13. The van der Waals surface area contributed by atoms with Crippen LogP contribution in [-0.2, 0) is 9.59 Å². The number of unbranched alkanes of at least 4 members (excludes halogenated alkanes) is 1. The van der Waals surface area contributed by atoms with Crippen molar-refractivity contribution in [2.75, 3.05) is 13.1 Å². The van der Waals surface area contributed by atoms with Crippen molar-refractivity contribution in [1.29, 1.82) is 0 Å². The van der Waals surface area contributed by atoms with Gasteiger partial charge in [0, 0.05) is 32.0 Å². The zero-order valence-corrected chi connectivity index (χ0v) is 10.2. The maximum absolute atomic E-state index is 11.3. The molecule has 0 spiro atoms. The standard InChI is InChI=1S/C11H23N3O2/c1-9(2)13-8-6-11(16)14-7-4-3-5-10(12)15/h9,13H,3-8H2,1-2H3,(H2,12,15)(H,14,16). The van der Waals surface area contributed by atoms with Gasteiger partial charge in [-0.05, 0) is 12.8 Å². The number of nitrogens with two attached hydrogens (primary N) is 1. The summed E-state index contributed by atoms with van der Waals surface area (Å²) in [5.41, 5.74) is 4.99. The fraction of sp³-hybridized carbons (Fsp3) is 0.818. The molecule has 0 unspecified atom stereocenters. The highest BCUT2D eigenvalue weighted by Gasteiger charge is 2.01. The summed E-state index contributed by atoms with van der Waals surface area (Å²) in [5, 5.41) is 5.97. The van der Waals surface area contributed by atoms with Crippen molar-refractivity contribution in [3.8, 4) is 0 Å². The molecule has 4 N–H and O–H groups in total. The first-order chi connectivity index (χ1) is 7.52. The van der Waals surface area contributed by atoms with Crippen molar-refractivity contribution in [2.24, 2.45) is 5.73 Å². The minimum atomic E-state index is -0.285. The highest BCUT2D eigenvalue weighted by Crippen LogP contribution is 1.92. The zero-order valence-electron chi connectivity index (χ0n) is 10.2. The van der Waals surface area contributed by atoms with Gasteiger partial charge in [-0.25, -0.2) is 0 Å². The minimum Gasteiger partial charge on any atom is -0.370 e. The van der Waals surface area contributed by atoms with Gasteiger partial charge in [0.25, 0.3) is 0 Å². The summed E-state index contributed by atoms with van der Waals surface area (Å²) < 4.78 is 0. The van der Waals surface area contributed by atoms with Crippen LogP contribution >= 0.6 is 0 Å². The highest BCUT2D eigenvalue weighted by atomic mass is 16.1. The van der Waals surface area contributed by atoms with Gasteiger partial charge in [0.05, 0.1) is 0 Å². The largest absolute Gasteiger partial charge is 0.370 e. The van der Waals surface area contributed by atoms with E-state index in [0.717, 1.165) is 12.8 Å². The van der Waals surface area contributed by atoms with Crippen LogP contribution in [0.1, 0.15) is 39.5 Å². The Morgan fingerprint density at radius 2 is 1.81 bits per heavy atom. The second-order valence-corrected chi connectivity index (χ2v) is 4.13. The number of primary amides is 1. The lowest BCUT2D eigenvalue weighted by atomic mass is 10.2. The summed E-state index contributed by atoms with van der Waals surface area (Å²) in [6.45, 7) is 5.40. The third-order valence-electron chi connectivity index (χ3n) is 2.08. The van der Waals surface area contributed by atoms with E-state index >= 15 is 0 Å². The molecule has 0 atom stereocenters. The molecule has 2 amide bonds. The Labute approximate surface area is 97.2 Å². The number of rotatable bonds is 9. The smallest absolute Gasteiger partial charge is 0.221 e. The monoisotopic (exact) mass is 229 g/mol. The molecule has 16 heavy (non-hydrogen) atoms. The average Bonchev–Trinajstić information content (AvgIpc) is 2.16. The summed E-state index contributed by atoms with van der Waals surface area (Å²) >= 11 is 0. The fourth-order valence-electron chi connectivity index (χ4n) is 1.21. The number of hydrogen-bond acceptors (Lipinski definition) is 3. The van der Waals surface area contributed by atoms with Crippen molar-refractivity contribution >= 4 is 11.8 Å². The Kier molecular flexibility index (Phi) is 8.52. The third kappa shape index (κ3) is 11.0. The maximum Gasteiger partial charge on any atom is 0.221 e. The van der Waals surface area contributed by atoms with Crippen LogP contribution < -0.4 is 16.4 Å². The number of carbonyl (C=O) groups is 2. The molecule has 0 aliphatic carbocycles. The van der Waals surface area contributed by atoms with Crippen molar-refractivity contribution in [3.05, 3.63) is 0 Å². The van der Waals surface area contributed by atoms with Gasteiger partial charge in [-0.15, -0.1) is 0 Å².